The van der Waals surface area contributed by atoms with Gasteiger partial charge in [-0.05, 0) is 31.8 Å². The standard InChI is InChI=1S/C10H15N3O2/c1-7(8(2)14)9-11-10(12-15-9)13-5-3-4-6-13/h7H,3-6H2,1-2H3. The quantitative estimate of drug-likeness (QED) is 0.752. The highest BCUT2D eigenvalue weighted by Gasteiger charge is 2.22. The van der Waals surface area contributed by atoms with Crippen LogP contribution in [0.15, 0.2) is 4.52 Å². The molecule has 2 rings (SSSR count). The summed E-state index contributed by atoms with van der Waals surface area (Å²) >= 11 is 0. The maximum Gasteiger partial charge on any atom is 0.266 e. The Morgan fingerprint density at radius 2 is 2.13 bits per heavy atom. The van der Waals surface area contributed by atoms with E-state index in [2.05, 4.69) is 15.0 Å². The fraction of sp³-hybridized carbons (Fsp3) is 0.700. The van der Waals surface area contributed by atoms with E-state index in [0.717, 1.165) is 13.1 Å². The summed E-state index contributed by atoms with van der Waals surface area (Å²) in [4.78, 5) is 17.5. The van der Waals surface area contributed by atoms with Gasteiger partial charge in [-0.15, -0.1) is 0 Å². The van der Waals surface area contributed by atoms with Crippen molar-refractivity contribution in [1.82, 2.24) is 10.1 Å². The van der Waals surface area contributed by atoms with Crippen molar-refractivity contribution >= 4 is 11.7 Å². The first-order valence-electron chi connectivity index (χ1n) is 5.27. The van der Waals surface area contributed by atoms with Crippen molar-refractivity contribution in [1.29, 1.82) is 0 Å². The predicted molar refractivity (Wildman–Crippen MR) is 54.8 cm³/mol. The number of hydrogen-bond donors (Lipinski definition) is 0. The van der Waals surface area contributed by atoms with E-state index in [4.69, 9.17) is 4.52 Å². The van der Waals surface area contributed by atoms with Crippen molar-refractivity contribution in [2.75, 3.05) is 18.0 Å². The van der Waals surface area contributed by atoms with Crippen LogP contribution in [0.4, 0.5) is 5.95 Å². The molecule has 0 saturated carbocycles. The molecule has 1 saturated heterocycles. The van der Waals surface area contributed by atoms with E-state index in [1.54, 1.807) is 6.92 Å². The van der Waals surface area contributed by atoms with E-state index >= 15 is 0 Å². The Kier molecular flexibility index (Phi) is 2.70. The molecule has 15 heavy (non-hydrogen) atoms. The molecule has 2 heterocycles. The average molecular weight is 209 g/mol. The number of aromatic nitrogens is 2. The second kappa shape index (κ2) is 4.00. The molecule has 1 aromatic heterocycles. The summed E-state index contributed by atoms with van der Waals surface area (Å²) in [6, 6.07) is 0. The van der Waals surface area contributed by atoms with Crippen LogP contribution in [0.3, 0.4) is 0 Å². The third-order valence-corrected chi connectivity index (χ3v) is 2.80. The summed E-state index contributed by atoms with van der Waals surface area (Å²) in [6.07, 6.45) is 2.35. The van der Waals surface area contributed by atoms with Crippen molar-refractivity contribution in [2.45, 2.75) is 32.6 Å². The van der Waals surface area contributed by atoms with Gasteiger partial charge in [0.15, 0.2) is 0 Å². The molecular weight excluding hydrogens is 194 g/mol. The Balaban J connectivity index is 2.12. The molecule has 1 aliphatic rings. The van der Waals surface area contributed by atoms with Gasteiger partial charge in [0.1, 0.15) is 5.78 Å². The first kappa shape index (κ1) is 10.1. The van der Waals surface area contributed by atoms with Crippen LogP contribution in [-0.2, 0) is 4.79 Å². The monoisotopic (exact) mass is 209 g/mol. The molecule has 1 aliphatic heterocycles. The van der Waals surface area contributed by atoms with Gasteiger partial charge in [0.2, 0.25) is 5.89 Å². The molecule has 1 unspecified atom stereocenters. The molecule has 0 N–H and O–H groups in total. The Labute approximate surface area is 88.5 Å². The fourth-order valence-corrected chi connectivity index (χ4v) is 1.62. The van der Waals surface area contributed by atoms with Crippen molar-refractivity contribution in [3.63, 3.8) is 0 Å². The van der Waals surface area contributed by atoms with Gasteiger partial charge in [0, 0.05) is 13.1 Å². The highest BCUT2D eigenvalue weighted by Crippen LogP contribution is 2.20. The van der Waals surface area contributed by atoms with E-state index in [0.29, 0.717) is 11.8 Å². The van der Waals surface area contributed by atoms with Crippen LogP contribution in [-0.4, -0.2) is 29.0 Å². The molecule has 1 atom stereocenters. The molecule has 0 amide bonds. The Bertz CT molecular complexity index is 355. The number of ketones is 1. The molecule has 0 radical (unpaired) electrons. The number of anilines is 1. The summed E-state index contributed by atoms with van der Waals surface area (Å²) in [6.45, 7) is 5.27. The lowest BCUT2D eigenvalue weighted by molar-refractivity contribution is -0.118. The topological polar surface area (TPSA) is 59.2 Å². The number of rotatable bonds is 3. The summed E-state index contributed by atoms with van der Waals surface area (Å²) in [5.41, 5.74) is 0. The summed E-state index contributed by atoms with van der Waals surface area (Å²) < 4.78 is 5.08. The summed E-state index contributed by atoms with van der Waals surface area (Å²) in [5.74, 6) is 0.792. The first-order chi connectivity index (χ1) is 7.18. The van der Waals surface area contributed by atoms with Gasteiger partial charge in [0.05, 0.1) is 5.92 Å². The lowest BCUT2D eigenvalue weighted by atomic mass is 10.1. The molecule has 0 aliphatic carbocycles. The molecule has 0 aromatic carbocycles. The molecule has 5 nitrogen and oxygen atoms in total. The van der Waals surface area contributed by atoms with Crippen LogP contribution in [0.5, 0.6) is 0 Å². The molecule has 1 fully saturated rings. The Morgan fingerprint density at radius 3 is 2.73 bits per heavy atom. The van der Waals surface area contributed by atoms with Crippen LogP contribution in [0.1, 0.15) is 38.5 Å². The van der Waals surface area contributed by atoms with E-state index in [9.17, 15) is 4.79 Å². The lowest BCUT2D eigenvalue weighted by Crippen LogP contribution is -2.19. The van der Waals surface area contributed by atoms with Crippen molar-refractivity contribution < 1.29 is 9.32 Å². The third-order valence-electron chi connectivity index (χ3n) is 2.80. The van der Waals surface area contributed by atoms with E-state index in [1.165, 1.54) is 19.8 Å². The maximum absolute atomic E-state index is 11.1. The number of carbonyl (C=O) groups is 1. The number of nitrogens with zero attached hydrogens (tertiary/aromatic N) is 3. The van der Waals surface area contributed by atoms with Gasteiger partial charge in [-0.25, -0.2) is 0 Å². The smallest absolute Gasteiger partial charge is 0.266 e. The van der Waals surface area contributed by atoms with Gasteiger partial charge >= 0.3 is 0 Å². The van der Waals surface area contributed by atoms with E-state index < -0.39 is 0 Å². The summed E-state index contributed by atoms with van der Waals surface area (Å²) in [5, 5.41) is 3.89. The van der Waals surface area contributed by atoms with Gasteiger partial charge in [0.25, 0.3) is 5.95 Å². The van der Waals surface area contributed by atoms with Crippen molar-refractivity contribution in [3.8, 4) is 0 Å². The Hall–Kier alpha value is -1.39. The second-order valence-electron chi connectivity index (χ2n) is 3.96. The highest BCUT2D eigenvalue weighted by molar-refractivity contribution is 5.81. The molecule has 82 valence electrons. The minimum atomic E-state index is -0.297. The molecule has 1 aromatic rings. The van der Waals surface area contributed by atoms with Gasteiger partial charge in [-0.1, -0.05) is 0 Å². The third kappa shape index (κ3) is 2.00. The second-order valence-corrected chi connectivity index (χ2v) is 3.96. The lowest BCUT2D eigenvalue weighted by Gasteiger charge is -2.09. The normalized spacial score (nSPS) is 18.1. The SMILES string of the molecule is CC(=O)C(C)c1nc(N2CCCC2)no1. The van der Waals surface area contributed by atoms with Crippen LogP contribution in [0, 0.1) is 0 Å². The van der Waals surface area contributed by atoms with E-state index in [1.807, 2.05) is 0 Å². The predicted octanol–water partition coefficient (Wildman–Crippen LogP) is 1.36. The highest BCUT2D eigenvalue weighted by atomic mass is 16.5. The number of Topliss-reactive ketones (excluding diaryl/α,β-unsaturated/α-hetero) is 1. The fourth-order valence-electron chi connectivity index (χ4n) is 1.62. The van der Waals surface area contributed by atoms with Gasteiger partial charge < -0.3 is 9.42 Å². The molecule has 0 spiro atoms. The van der Waals surface area contributed by atoms with Crippen LogP contribution in [0.25, 0.3) is 0 Å². The zero-order chi connectivity index (χ0) is 10.8. The van der Waals surface area contributed by atoms with Crippen molar-refractivity contribution in [3.05, 3.63) is 5.89 Å². The molecule has 5 heteroatoms. The summed E-state index contributed by atoms with van der Waals surface area (Å²) in [7, 11) is 0. The Morgan fingerprint density at radius 1 is 1.47 bits per heavy atom. The molecule has 0 bridgehead atoms. The molecular formula is C10H15N3O2. The first-order valence-corrected chi connectivity index (χ1v) is 5.27. The van der Waals surface area contributed by atoms with Crippen LogP contribution < -0.4 is 4.90 Å². The average Bonchev–Trinajstić information content (AvgIpc) is 2.86. The number of carbonyl (C=O) groups excluding carboxylic acids is 1. The van der Waals surface area contributed by atoms with Crippen molar-refractivity contribution in [2.24, 2.45) is 0 Å². The minimum Gasteiger partial charge on any atom is -0.338 e. The zero-order valence-corrected chi connectivity index (χ0v) is 9.06. The maximum atomic E-state index is 11.1. The largest absolute Gasteiger partial charge is 0.338 e. The van der Waals surface area contributed by atoms with Gasteiger partial charge in [-0.2, -0.15) is 4.98 Å². The van der Waals surface area contributed by atoms with Crippen LogP contribution >= 0.6 is 0 Å². The van der Waals surface area contributed by atoms with Crippen LogP contribution in [0.2, 0.25) is 0 Å². The van der Waals surface area contributed by atoms with Gasteiger partial charge in [-0.3, -0.25) is 4.79 Å². The number of hydrogen-bond acceptors (Lipinski definition) is 5. The minimum absolute atomic E-state index is 0.0478. The van der Waals surface area contributed by atoms with E-state index in [-0.39, 0.29) is 11.7 Å². The zero-order valence-electron chi connectivity index (χ0n) is 9.06.